The van der Waals surface area contributed by atoms with E-state index in [0.717, 1.165) is 12.1 Å². The van der Waals surface area contributed by atoms with Gasteiger partial charge in [-0.2, -0.15) is 13.2 Å². The van der Waals surface area contributed by atoms with Gasteiger partial charge in [0.2, 0.25) is 0 Å². The Hall–Kier alpha value is -1.04. The maximum Gasteiger partial charge on any atom is 0.416 e. The van der Waals surface area contributed by atoms with Gasteiger partial charge >= 0.3 is 6.18 Å². The first kappa shape index (κ1) is 15.0. The lowest BCUT2D eigenvalue weighted by Gasteiger charge is -2.18. The maximum absolute atomic E-state index is 12.3. The number of hydrogen-bond donors (Lipinski definition) is 0. The van der Waals surface area contributed by atoms with Crippen LogP contribution in [0.5, 0.6) is 0 Å². The van der Waals surface area contributed by atoms with Crippen LogP contribution in [0.4, 0.5) is 13.2 Å². The van der Waals surface area contributed by atoms with E-state index in [1.807, 2.05) is 6.92 Å². The molecule has 0 aliphatic carbocycles. The zero-order valence-electron chi connectivity index (χ0n) is 9.96. The third kappa shape index (κ3) is 4.01. The molecule has 1 atom stereocenters. The van der Waals surface area contributed by atoms with Crippen LogP contribution >= 0.6 is 15.9 Å². The van der Waals surface area contributed by atoms with E-state index in [1.165, 1.54) is 17.0 Å². The van der Waals surface area contributed by atoms with Gasteiger partial charge in [-0.05, 0) is 24.3 Å². The highest BCUT2D eigenvalue weighted by Crippen LogP contribution is 2.29. The summed E-state index contributed by atoms with van der Waals surface area (Å²) in [6.07, 6.45) is -4.38. The van der Waals surface area contributed by atoms with Gasteiger partial charge in [-0.15, -0.1) is 0 Å². The zero-order valence-corrected chi connectivity index (χ0v) is 11.5. The molecule has 0 radical (unpaired) electrons. The molecule has 0 spiro atoms. The van der Waals surface area contributed by atoms with Gasteiger partial charge in [0.1, 0.15) is 0 Å². The maximum atomic E-state index is 12.3. The van der Waals surface area contributed by atoms with Crippen molar-refractivity contribution in [2.75, 3.05) is 13.6 Å². The van der Waals surface area contributed by atoms with Gasteiger partial charge in [0.05, 0.1) is 5.56 Å². The fraction of sp³-hybridized carbons (Fsp3) is 0.417. The first-order valence-corrected chi connectivity index (χ1v) is 6.20. The average Bonchev–Trinajstić information content (AvgIpc) is 2.26. The van der Waals surface area contributed by atoms with Crippen molar-refractivity contribution >= 4 is 21.8 Å². The summed E-state index contributed by atoms with van der Waals surface area (Å²) in [5.41, 5.74) is -0.505. The van der Waals surface area contributed by atoms with Crippen LogP contribution in [-0.4, -0.2) is 29.2 Å². The topological polar surface area (TPSA) is 20.3 Å². The Morgan fingerprint density at radius 1 is 1.33 bits per heavy atom. The lowest BCUT2D eigenvalue weighted by atomic mass is 10.1. The van der Waals surface area contributed by atoms with Crippen LogP contribution in [0.2, 0.25) is 0 Å². The molecule has 0 saturated heterocycles. The third-order valence-electron chi connectivity index (χ3n) is 2.33. The molecule has 1 aromatic rings. The molecule has 0 fully saturated rings. The van der Waals surface area contributed by atoms with E-state index in [4.69, 9.17) is 0 Å². The molecule has 1 rings (SSSR count). The molecular weight excluding hydrogens is 311 g/mol. The molecule has 0 aromatic heterocycles. The molecule has 18 heavy (non-hydrogen) atoms. The van der Waals surface area contributed by atoms with E-state index >= 15 is 0 Å². The van der Waals surface area contributed by atoms with Crippen LogP contribution in [0.15, 0.2) is 24.3 Å². The minimum atomic E-state index is -4.38. The van der Waals surface area contributed by atoms with Crippen molar-refractivity contribution in [3.63, 3.8) is 0 Å². The van der Waals surface area contributed by atoms with Crippen LogP contribution in [0.25, 0.3) is 0 Å². The second kappa shape index (κ2) is 5.73. The van der Waals surface area contributed by atoms with Gasteiger partial charge in [0, 0.05) is 24.0 Å². The molecule has 0 aliphatic heterocycles. The van der Waals surface area contributed by atoms with Gasteiger partial charge in [0.25, 0.3) is 5.91 Å². The van der Waals surface area contributed by atoms with Crippen molar-refractivity contribution in [2.45, 2.75) is 17.9 Å². The largest absolute Gasteiger partial charge is 0.416 e. The van der Waals surface area contributed by atoms with E-state index < -0.39 is 11.7 Å². The monoisotopic (exact) mass is 323 g/mol. The minimum Gasteiger partial charge on any atom is -0.341 e. The number of carbonyl (C=O) groups excluding carboxylic acids is 1. The Morgan fingerprint density at radius 2 is 1.83 bits per heavy atom. The molecule has 6 heteroatoms. The van der Waals surface area contributed by atoms with Crippen molar-refractivity contribution in [2.24, 2.45) is 0 Å². The molecule has 0 saturated carbocycles. The van der Waals surface area contributed by atoms with Gasteiger partial charge in [-0.3, -0.25) is 4.79 Å². The summed E-state index contributed by atoms with van der Waals surface area (Å²) in [7, 11) is 1.61. The average molecular weight is 324 g/mol. The molecule has 0 bridgehead atoms. The van der Waals surface area contributed by atoms with Gasteiger partial charge in [-0.25, -0.2) is 0 Å². The number of halogens is 4. The molecular formula is C12H13BrF3NO. The SMILES string of the molecule is CC(Br)CN(C)C(=O)c1ccc(C(F)(F)F)cc1. The van der Waals surface area contributed by atoms with Gasteiger partial charge in [-0.1, -0.05) is 22.9 Å². The number of alkyl halides is 4. The van der Waals surface area contributed by atoms with Crippen molar-refractivity contribution in [3.8, 4) is 0 Å². The Bertz CT molecular complexity index is 414. The van der Waals surface area contributed by atoms with Crippen molar-refractivity contribution < 1.29 is 18.0 Å². The first-order chi connectivity index (χ1) is 8.21. The first-order valence-electron chi connectivity index (χ1n) is 5.28. The Morgan fingerprint density at radius 3 is 2.22 bits per heavy atom. The molecule has 1 amide bonds. The molecule has 0 heterocycles. The third-order valence-corrected chi connectivity index (χ3v) is 2.62. The number of rotatable bonds is 3. The summed E-state index contributed by atoms with van der Waals surface area (Å²) in [5.74, 6) is -0.296. The summed E-state index contributed by atoms with van der Waals surface area (Å²) in [6.45, 7) is 2.37. The van der Waals surface area contributed by atoms with E-state index in [-0.39, 0.29) is 16.3 Å². The normalized spacial score (nSPS) is 13.2. The molecule has 1 aromatic carbocycles. The number of benzene rings is 1. The van der Waals surface area contributed by atoms with Crippen molar-refractivity contribution in [1.29, 1.82) is 0 Å². The summed E-state index contributed by atoms with van der Waals surface area (Å²) < 4.78 is 37.0. The smallest absolute Gasteiger partial charge is 0.341 e. The number of amides is 1. The fourth-order valence-corrected chi connectivity index (χ4v) is 1.92. The lowest BCUT2D eigenvalue weighted by molar-refractivity contribution is -0.137. The Balaban J connectivity index is 2.82. The minimum absolute atomic E-state index is 0.126. The van der Waals surface area contributed by atoms with E-state index in [0.29, 0.717) is 6.54 Å². The van der Waals surface area contributed by atoms with Crippen LogP contribution in [0.1, 0.15) is 22.8 Å². The Kier molecular flexibility index (Phi) is 4.78. The van der Waals surface area contributed by atoms with E-state index in [9.17, 15) is 18.0 Å². The fourth-order valence-electron chi connectivity index (χ4n) is 1.48. The molecule has 0 N–H and O–H groups in total. The predicted octanol–water partition coefficient (Wildman–Crippen LogP) is 3.56. The second-order valence-corrected chi connectivity index (χ2v) is 5.60. The molecule has 0 aliphatic rings. The number of carbonyl (C=O) groups is 1. The molecule has 1 unspecified atom stereocenters. The van der Waals surface area contributed by atoms with Crippen LogP contribution in [-0.2, 0) is 6.18 Å². The lowest BCUT2D eigenvalue weighted by Crippen LogP contribution is -2.31. The van der Waals surface area contributed by atoms with Crippen LogP contribution < -0.4 is 0 Å². The second-order valence-electron chi connectivity index (χ2n) is 4.04. The van der Waals surface area contributed by atoms with E-state index in [2.05, 4.69) is 15.9 Å². The molecule has 2 nitrogen and oxygen atoms in total. The number of hydrogen-bond acceptors (Lipinski definition) is 1. The summed E-state index contributed by atoms with van der Waals surface area (Å²) >= 11 is 3.31. The highest BCUT2D eigenvalue weighted by molar-refractivity contribution is 9.09. The van der Waals surface area contributed by atoms with Crippen molar-refractivity contribution in [3.05, 3.63) is 35.4 Å². The van der Waals surface area contributed by atoms with Crippen LogP contribution in [0, 0.1) is 0 Å². The highest BCUT2D eigenvalue weighted by Gasteiger charge is 2.30. The standard InChI is InChI=1S/C12H13BrF3NO/c1-8(13)7-17(2)11(18)9-3-5-10(6-4-9)12(14,15)16/h3-6,8H,7H2,1-2H3. The van der Waals surface area contributed by atoms with Gasteiger partial charge < -0.3 is 4.90 Å². The summed E-state index contributed by atoms with van der Waals surface area (Å²) in [4.78, 5) is 13.5. The Labute approximate surface area is 112 Å². The van der Waals surface area contributed by atoms with E-state index in [1.54, 1.807) is 7.05 Å². The number of nitrogens with zero attached hydrogens (tertiary/aromatic N) is 1. The van der Waals surface area contributed by atoms with Gasteiger partial charge in [0.15, 0.2) is 0 Å². The van der Waals surface area contributed by atoms with Crippen molar-refractivity contribution in [1.82, 2.24) is 4.90 Å². The summed E-state index contributed by atoms with van der Waals surface area (Å²) in [6, 6.07) is 4.22. The quantitative estimate of drug-likeness (QED) is 0.779. The summed E-state index contributed by atoms with van der Waals surface area (Å²) in [5, 5.41) is 0. The molecule has 100 valence electrons. The zero-order chi connectivity index (χ0) is 13.9. The highest BCUT2D eigenvalue weighted by atomic mass is 79.9. The predicted molar refractivity (Wildman–Crippen MR) is 66.8 cm³/mol. The van der Waals surface area contributed by atoms with Crippen LogP contribution in [0.3, 0.4) is 0 Å².